The summed E-state index contributed by atoms with van der Waals surface area (Å²) in [5.41, 5.74) is 1.99. The van der Waals surface area contributed by atoms with Crippen LogP contribution in [0.2, 0.25) is 0 Å². The van der Waals surface area contributed by atoms with Crippen LogP contribution in [-0.4, -0.2) is 5.91 Å². The number of carbonyl (C=O) groups is 1. The minimum absolute atomic E-state index is 0.0939. The molecule has 1 aromatic rings. The Morgan fingerprint density at radius 1 is 1.16 bits per heavy atom. The van der Waals surface area contributed by atoms with Crippen molar-refractivity contribution in [2.75, 3.05) is 0 Å². The highest BCUT2D eigenvalue weighted by Gasteiger charge is 2.26. The van der Waals surface area contributed by atoms with E-state index in [1.807, 2.05) is 6.07 Å². The number of rotatable bonds is 4. The first-order chi connectivity index (χ1) is 9.20. The number of carbonyl (C=O) groups excluding carboxylic acids is 1. The standard InChI is InChI=1S/C17H21NO/c1-3-13(2)18-17(19)16-11-9-15(10-12-16)14-7-5-4-6-8-14/h3-8,15-16H,1-2,9-12H2,(H,18,19). The molecule has 0 bridgehead atoms. The summed E-state index contributed by atoms with van der Waals surface area (Å²) in [6.07, 6.45) is 5.66. The van der Waals surface area contributed by atoms with Crippen LogP contribution in [0.4, 0.5) is 0 Å². The van der Waals surface area contributed by atoms with E-state index in [4.69, 9.17) is 0 Å². The highest BCUT2D eigenvalue weighted by molar-refractivity contribution is 5.80. The maximum atomic E-state index is 12.0. The van der Waals surface area contributed by atoms with E-state index in [-0.39, 0.29) is 11.8 Å². The Morgan fingerprint density at radius 3 is 2.37 bits per heavy atom. The van der Waals surface area contributed by atoms with Crippen molar-refractivity contribution in [2.45, 2.75) is 31.6 Å². The second-order valence-electron chi connectivity index (χ2n) is 5.18. The van der Waals surface area contributed by atoms with Gasteiger partial charge in [-0.1, -0.05) is 43.5 Å². The van der Waals surface area contributed by atoms with Crippen LogP contribution >= 0.6 is 0 Å². The van der Waals surface area contributed by atoms with Gasteiger partial charge in [-0.2, -0.15) is 0 Å². The van der Waals surface area contributed by atoms with Crippen molar-refractivity contribution in [3.8, 4) is 0 Å². The molecule has 2 rings (SSSR count). The number of benzene rings is 1. The molecule has 2 nitrogen and oxygen atoms in total. The molecule has 0 unspecified atom stereocenters. The largest absolute Gasteiger partial charge is 0.326 e. The maximum absolute atomic E-state index is 12.0. The van der Waals surface area contributed by atoms with Gasteiger partial charge in [-0.05, 0) is 43.2 Å². The molecule has 1 aliphatic rings. The van der Waals surface area contributed by atoms with Gasteiger partial charge in [0.1, 0.15) is 0 Å². The van der Waals surface area contributed by atoms with Gasteiger partial charge >= 0.3 is 0 Å². The molecular formula is C17H21NO. The lowest BCUT2D eigenvalue weighted by molar-refractivity contribution is -0.125. The molecule has 0 spiro atoms. The molecule has 1 aliphatic carbocycles. The highest BCUT2D eigenvalue weighted by atomic mass is 16.1. The van der Waals surface area contributed by atoms with Crippen molar-refractivity contribution in [1.29, 1.82) is 0 Å². The monoisotopic (exact) mass is 255 g/mol. The third-order valence-electron chi connectivity index (χ3n) is 3.90. The van der Waals surface area contributed by atoms with Crippen LogP contribution in [0.25, 0.3) is 0 Å². The van der Waals surface area contributed by atoms with Crippen LogP contribution in [0.5, 0.6) is 0 Å². The smallest absolute Gasteiger partial charge is 0.227 e. The van der Waals surface area contributed by atoms with Crippen molar-refractivity contribution in [2.24, 2.45) is 5.92 Å². The SMILES string of the molecule is C=CC(=C)NC(=O)C1CCC(c2ccccc2)CC1. The molecule has 1 saturated carbocycles. The van der Waals surface area contributed by atoms with Gasteiger partial charge in [0.05, 0.1) is 0 Å². The third kappa shape index (κ3) is 3.57. The predicted octanol–water partition coefficient (Wildman–Crippen LogP) is 3.78. The van der Waals surface area contributed by atoms with Crippen molar-refractivity contribution >= 4 is 5.91 Å². The molecule has 1 N–H and O–H groups in total. The number of amides is 1. The van der Waals surface area contributed by atoms with E-state index in [0.29, 0.717) is 11.6 Å². The zero-order valence-electron chi connectivity index (χ0n) is 11.3. The summed E-state index contributed by atoms with van der Waals surface area (Å²) in [5.74, 6) is 0.820. The summed E-state index contributed by atoms with van der Waals surface area (Å²) in [7, 11) is 0. The van der Waals surface area contributed by atoms with Crippen LogP contribution in [0.15, 0.2) is 55.3 Å². The van der Waals surface area contributed by atoms with Gasteiger partial charge < -0.3 is 5.32 Å². The van der Waals surface area contributed by atoms with Crippen LogP contribution in [0, 0.1) is 5.92 Å². The Kier molecular flexibility index (Phi) is 4.56. The summed E-state index contributed by atoms with van der Waals surface area (Å²) < 4.78 is 0. The van der Waals surface area contributed by atoms with Crippen LogP contribution < -0.4 is 5.32 Å². The Hall–Kier alpha value is -1.83. The fourth-order valence-electron chi connectivity index (χ4n) is 2.73. The van der Waals surface area contributed by atoms with Crippen molar-refractivity contribution in [3.05, 3.63) is 60.8 Å². The van der Waals surface area contributed by atoms with E-state index in [0.717, 1.165) is 25.7 Å². The fraction of sp³-hybridized carbons (Fsp3) is 0.353. The molecule has 0 heterocycles. The van der Waals surface area contributed by atoms with E-state index in [2.05, 4.69) is 42.7 Å². The molecule has 100 valence electrons. The minimum Gasteiger partial charge on any atom is -0.326 e. The highest BCUT2D eigenvalue weighted by Crippen LogP contribution is 2.35. The Balaban J connectivity index is 1.87. The van der Waals surface area contributed by atoms with E-state index >= 15 is 0 Å². The van der Waals surface area contributed by atoms with Crippen LogP contribution in [0.3, 0.4) is 0 Å². The predicted molar refractivity (Wildman–Crippen MR) is 78.6 cm³/mol. The summed E-state index contributed by atoms with van der Waals surface area (Å²) in [6.45, 7) is 7.32. The zero-order valence-corrected chi connectivity index (χ0v) is 11.3. The van der Waals surface area contributed by atoms with Crippen molar-refractivity contribution in [3.63, 3.8) is 0 Å². The maximum Gasteiger partial charge on any atom is 0.227 e. The summed E-state index contributed by atoms with van der Waals surface area (Å²) in [5, 5.41) is 2.80. The molecule has 0 saturated heterocycles. The normalized spacial score (nSPS) is 22.5. The van der Waals surface area contributed by atoms with E-state index < -0.39 is 0 Å². The Bertz CT molecular complexity index is 455. The lowest BCUT2D eigenvalue weighted by atomic mass is 9.78. The van der Waals surface area contributed by atoms with Gasteiger partial charge in [0.15, 0.2) is 0 Å². The Labute approximate surface area is 115 Å². The fourth-order valence-corrected chi connectivity index (χ4v) is 2.73. The third-order valence-corrected chi connectivity index (χ3v) is 3.90. The first kappa shape index (κ1) is 13.6. The molecule has 2 heteroatoms. The lowest BCUT2D eigenvalue weighted by Gasteiger charge is -2.28. The summed E-state index contributed by atoms with van der Waals surface area (Å²) in [4.78, 5) is 12.0. The first-order valence-electron chi connectivity index (χ1n) is 6.88. The van der Waals surface area contributed by atoms with Crippen molar-refractivity contribution < 1.29 is 4.79 Å². The van der Waals surface area contributed by atoms with Gasteiger partial charge in [-0.25, -0.2) is 0 Å². The van der Waals surface area contributed by atoms with Crippen molar-refractivity contribution in [1.82, 2.24) is 5.32 Å². The van der Waals surface area contributed by atoms with E-state index in [1.165, 1.54) is 5.56 Å². The molecule has 0 aromatic heterocycles. The quantitative estimate of drug-likeness (QED) is 0.815. The zero-order chi connectivity index (χ0) is 13.7. The van der Waals surface area contributed by atoms with Crippen LogP contribution in [-0.2, 0) is 4.79 Å². The number of hydrogen-bond donors (Lipinski definition) is 1. The van der Waals surface area contributed by atoms with Gasteiger partial charge in [0, 0.05) is 11.6 Å². The van der Waals surface area contributed by atoms with Gasteiger partial charge in [-0.3, -0.25) is 4.79 Å². The summed E-state index contributed by atoms with van der Waals surface area (Å²) >= 11 is 0. The average Bonchev–Trinajstić information content (AvgIpc) is 2.48. The molecule has 0 aliphatic heterocycles. The molecule has 1 aromatic carbocycles. The van der Waals surface area contributed by atoms with E-state index in [9.17, 15) is 4.79 Å². The topological polar surface area (TPSA) is 29.1 Å². The lowest BCUT2D eigenvalue weighted by Crippen LogP contribution is -2.31. The number of hydrogen-bond acceptors (Lipinski definition) is 1. The average molecular weight is 255 g/mol. The molecule has 19 heavy (non-hydrogen) atoms. The molecular weight excluding hydrogens is 234 g/mol. The molecule has 0 atom stereocenters. The molecule has 1 amide bonds. The number of allylic oxidation sites excluding steroid dienone is 1. The second kappa shape index (κ2) is 6.37. The van der Waals surface area contributed by atoms with Gasteiger partial charge in [0.25, 0.3) is 0 Å². The first-order valence-corrected chi connectivity index (χ1v) is 6.88. The molecule has 0 radical (unpaired) electrons. The second-order valence-corrected chi connectivity index (χ2v) is 5.18. The summed E-state index contributed by atoms with van der Waals surface area (Å²) in [6, 6.07) is 10.6. The Morgan fingerprint density at radius 2 is 1.79 bits per heavy atom. The van der Waals surface area contributed by atoms with E-state index in [1.54, 1.807) is 6.08 Å². The molecule has 1 fully saturated rings. The van der Waals surface area contributed by atoms with Gasteiger partial charge in [0.2, 0.25) is 5.91 Å². The van der Waals surface area contributed by atoms with Crippen LogP contribution in [0.1, 0.15) is 37.2 Å². The number of nitrogens with one attached hydrogen (secondary N) is 1. The minimum atomic E-state index is 0.0939. The van der Waals surface area contributed by atoms with Gasteiger partial charge in [-0.15, -0.1) is 0 Å².